The highest BCUT2D eigenvalue weighted by Gasteiger charge is 2.25. The summed E-state index contributed by atoms with van der Waals surface area (Å²) in [5, 5.41) is 7.35. The van der Waals surface area contributed by atoms with Crippen molar-refractivity contribution in [2.24, 2.45) is 5.92 Å². The number of aromatic nitrogens is 3. The minimum atomic E-state index is 0.0484. The Balaban J connectivity index is 1.45. The van der Waals surface area contributed by atoms with Crippen LogP contribution in [0.3, 0.4) is 0 Å². The number of hydrogen-bond acceptors (Lipinski definition) is 5. The highest BCUT2D eigenvalue weighted by atomic mass is 16.3. The molecule has 2 aromatic heterocycles. The van der Waals surface area contributed by atoms with E-state index in [1.54, 1.807) is 6.26 Å². The van der Waals surface area contributed by atoms with Crippen molar-refractivity contribution in [2.45, 2.75) is 39.8 Å². The van der Waals surface area contributed by atoms with E-state index in [1.165, 1.54) is 0 Å². The van der Waals surface area contributed by atoms with E-state index in [0.717, 1.165) is 49.9 Å². The van der Waals surface area contributed by atoms with Gasteiger partial charge in [-0.1, -0.05) is 0 Å². The highest BCUT2D eigenvalue weighted by Crippen LogP contribution is 2.19. The quantitative estimate of drug-likeness (QED) is 0.868. The predicted molar refractivity (Wildman–Crippen MR) is 89.2 cm³/mol. The zero-order valence-electron chi connectivity index (χ0n) is 14.4. The number of aryl methyl sites for hydroxylation is 2. The molecule has 2 aromatic rings. The van der Waals surface area contributed by atoms with E-state index < -0.39 is 0 Å². The Labute approximate surface area is 142 Å². The summed E-state index contributed by atoms with van der Waals surface area (Å²) in [5.74, 6) is 2.78. The molecule has 0 aliphatic carbocycles. The highest BCUT2D eigenvalue weighted by molar-refractivity contribution is 5.78. The smallest absolute Gasteiger partial charge is 0.224 e. The molecule has 24 heavy (non-hydrogen) atoms. The standard InChI is InChI=1S/C17H25N5O2/c1-13-19-14(2)22(20-13)9-7-18-17(23)15-5-3-8-21(11-15)12-16-6-4-10-24-16/h4,6,10,15H,3,5,7-9,11-12H2,1-2H3,(H,18,23)/t15-/m0/s1. The molecule has 0 spiro atoms. The Kier molecular flexibility index (Phi) is 5.30. The second-order valence-corrected chi connectivity index (χ2v) is 6.37. The molecule has 0 bridgehead atoms. The van der Waals surface area contributed by atoms with Crippen LogP contribution in [0.15, 0.2) is 22.8 Å². The first-order valence-electron chi connectivity index (χ1n) is 8.52. The van der Waals surface area contributed by atoms with Crippen LogP contribution in [0.1, 0.15) is 30.3 Å². The average molecular weight is 331 g/mol. The van der Waals surface area contributed by atoms with Gasteiger partial charge in [0.25, 0.3) is 0 Å². The van der Waals surface area contributed by atoms with Crippen molar-refractivity contribution >= 4 is 5.91 Å². The van der Waals surface area contributed by atoms with Gasteiger partial charge in [0.15, 0.2) is 0 Å². The Bertz CT molecular complexity index is 665. The maximum atomic E-state index is 12.4. The third kappa shape index (κ3) is 4.23. The lowest BCUT2D eigenvalue weighted by molar-refractivity contribution is -0.126. The van der Waals surface area contributed by atoms with E-state index in [1.807, 2.05) is 30.7 Å². The zero-order chi connectivity index (χ0) is 16.9. The van der Waals surface area contributed by atoms with Gasteiger partial charge < -0.3 is 9.73 Å². The summed E-state index contributed by atoms with van der Waals surface area (Å²) in [6, 6.07) is 3.88. The van der Waals surface area contributed by atoms with Gasteiger partial charge in [-0.15, -0.1) is 0 Å². The van der Waals surface area contributed by atoms with Gasteiger partial charge in [-0.25, -0.2) is 9.67 Å². The van der Waals surface area contributed by atoms with Gasteiger partial charge in [0, 0.05) is 13.1 Å². The number of nitrogens with one attached hydrogen (secondary N) is 1. The molecule has 0 saturated carbocycles. The van der Waals surface area contributed by atoms with Crippen molar-refractivity contribution in [1.82, 2.24) is 25.0 Å². The van der Waals surface area contributed by atoms with Gasteiger partial charge >= 0.3 is 0 Å². The number of amides is 1. The fourth-order valence-corrected chi connectivity index (χ4v) is 3.24. The number of nitrogens with zero attached hydrogens (tertiary/aromatic N) is 4. The molecule has 1 atom stereocenters. The monoisotopic (exact) mass is 331 g/mol. The first-order valence-corrected chi connectivity index (χ1v) is 8.52. The van der Waals surface area contributed by atoms with Crippen LogP contribution >= 0.6 is 0 Å². The van der Waals surface area contributed by atoms with Gasteiger partial charge in [-0.2, -0.15) is 5.10 Å². The van der Waals surface area contributed by atoms with Gasteiger partial charge in [0.2, 0.25) is 5.91 Å². The number of furan rings is 1. The summed E-state index contributed by atoms with van der Waals surface area (Å²) in [7, 11) is 0. The first kappa shape index (κ1) is 16.7. The minimum Gasteiger partial charge on any atom is -0.468 e. The third-order valence-corrected chi connectivity index (χ3v) is 4.42. The Hall–Kier alpha value is -2.15. The lowest BCUT2D eigenvalue weighted by atomic mass is 9.97. The largest absolute Gasteiger partial charge is 0.468 e. The number of carbonyl (C=O) groups excluding carboxylic acids is 1. The van der Waals surface area contributed by atoms with Crippen molar-refractivity contribution in [3.05, 3.63) is 35.8 Å². The molecule has 3 heterocycles. The van der Waals surface area contributed by atoms with E-state index >= 15 is 0 Å². The molecular formula is C17H25N5O2. The van der Waals surface area contributed by atoms with E-state index in [2.05, 4.69) is 20.3 Å². The van der Waals surface area contributed by atoms with Crippen LogP contribution in [0, 0.1) is 19.8 Å². The fraction of sp³-hybridized carbons (Fsp3) is 0.588. The third-order valence-electron chi connectivity index (χ3n) is 4.42. The van der Waals surface area contributed by atoms with E-state index in [4.69, 9.17) is 4.42 Å². The van der Waals surface area contributed by atoms with Gasteiger partial charge in [-0.05, 0) is 45.4 Å². The molecule has 1 saturated heterocycles. The second kappa shape index (κ2) is 7.61. The lowest BCUT2D eigenvalue weighted by Gasteiger charge is -2.31. The van der Waals surface area contributed by atoms with Crippen LogP contribution in [0.25, 0.3) is 0 Å². The van der Waals surface area contributed by atoms with Gasteiger partial charge in [0.05, 0.1) is 25.3 Å². The summed E-state index contributed by atoms with van der Waals surface area (Å²) in [4.78, 5) is 19.0. The summed E-state index contributed by atoms with van der Waals surface area (Å²) in [5.41, 5.74) is 0. The molecule has 1 fully saturated rings. The maximum Gasteiger partial charge on any atom is 0.224 e. The van der Waals surface area contributed by atoms with Crippen molar-refractivity contribution in [3.63, 3.8) is 0 Å². The molecule has 1 amide bonds. The molecule has 0 unspecified atom stereocenters. The number of rotatable bonds is 6. The van der Waals surface area contributed by atoms with Crippen molar-refractivity contribution in [2.75, 3.05) is 19.6 Å². The fourth-order valence-electron chi connectivity index (χ4n) is 3.24. The Morgan fingerprint density at radius 1 is 1.46 bits per heavy atom. The maximum absolute atomic E-state index is 12.4. The summed E-state index contributed by atoms with van der Waals surface area (Å²) < 4.78 is 7.23. The van der Waals surface area contributed by atoms with Crippen LogP contribution in [0.4, 0.5) is 0 Å². The minimum absolute atomic E-state index is 0.0484. The lowest BCUT2D eigenvalue weighted by Crippen LogP contribution is -2.43. The Morgan fingerprint density at radius 3 is 3.04 bits per heavy atom. The van der Waals surface area contributed by atoms with Crippen LogP contribution in [0.5, 0.6) is 0 Å². The summed E-state index contributed by atoms with van der Waals surface area (Å²) in [6.45, 7) is 7.61. The number of carbonyl (C=O) groups is 1. The van der Waals surface area contributed by atoms with E-state index in [0.29, 0.717) is 13.1 Å². The molecule has 7 heteroatoms. The molecule has 0 radical (unpaired) electrons. The number of piperidine rings is 1. The predicted octanol–water partition coefficient (Wildman–Crippen LogP) is 1.52. The zero-order valence-corrected chi connectivity index (χ0v) is 14.4. The molecule has 0 aromatic carbocycles. The number of hydrogen-bond donors (Lipinski definition) is 1. The molecular weight excluding hydrogens is 306 g/mol. The normalized spacial score (nSPS) is 18.7. The van der Waals surface area contributed by atoms with E-state index in [-0.39, 0.29) is 11.8 Å². The first-order chi connectivity index (χ1) is 11.6. The van der Waals surface area contributed by atoms with Crippen molar-refractivity contribution < 1.29 is 9.21 Å². The van der Waals surface area contributed by atoms with Gasteiger partial charge in [-0.3, -0.25) is 9.69 Å². The molecule has 130 valence electrons. The van der Waals surface area contributed by atoms with Crippen LogP contribution in [-0.4, -0.2) is 45.2 Å². The molecule has 1 aliphatic heterocycles. The topological polar surface area (TPSA) is 76.2 Å². The molecule has 3 rings (SSSR count). The SMILES string of the molecule is Cc1nc(C)n(CCNC(=O)[C@H]2CCCN(Cc3ccco3)C2)n1. The Morgan fingerprint density at radius 2 is 2.33 bits per heavy atom. The van der Waals surface area contributed by atoms with Crippen molar-refractivity contribution in [1.29, 1.82) is 0 Å². The van der Waals surface area contributed by atoms with Crippen LogP contribution in [0.2, 0.25) is 0 Å². The van der Waals surface area contributed by atoms with Crippen LogP contribution < -0.4 is 5.32 Å². The number of likely N-dealkylation sites (tertiary alicyclic amines) is 1. The molecule has 7 nitrogen and oxygen atoms in total. The van der Waals surface area contributed by atoms with Gasteiger partial charge in [0.1, 0.15) is 17.4 Å². The van der Waals surface area contributed by atoms with Crippen molar-refractivity contribution in [3.8, 4) is 0 Å². The second-order valence-electron chi connectivity index (χ2n) is 6.37. The molecule has 1 N–H and O–H groups in total. The van der Waals surface area contributed by atoms with E-state index in [9.17, 15) is 4.79 Å². The summed E-state index contributed by atoms with van der Waals surface area (Å²) >= 11 is 0. The average Bonchev–Trinajstić information content (AvgIpc) is 3.17. The van der Waals surface area contributed by atoms with Crippen LogP contribution in [-0.2, 0) is 17.9 Å². The molecule has 1 aliphatic rings. The summed E-state index contributed by atoms with van der Waals surface area (Å²) in [6.07, 6.45) is 3.68.